The highest BCUT2D eigenvalue weighted by Crippen LogP contribution is 2.35. The summed E-state index contributed by atoms with van der Waals surface area (Å²) < 4.78 is 0. The van der Waals surface area contributed by atoms with Crippen molar-refractivity contribution in [1.29, 1.82) is 0 Å². The van der Waals surface area contributed by atoms with Crippen LogP contribution < -0.4 is 5.32 Å². The molecule has 0 amide bonds. The van der Waals surface area contributed by atoms with E-state index in [9.17, 15) is 4.79 Å². The molecule has 2 rings (SSSR count). The van der Waals surface area contributed by atoms with Crippen LogP contribution in [0.2, 0.25) is 0 Å². The van der Waals surface area contributed by atoms with Crippen molar-refractivity contribution in [3.05, 3.63) is 35.9 Å². The molecule has 1 aromatic carbocycles. The third kappa shape index (κ3) is 1.92. The summed E-state index contributed by atoms with van der Waals surface area (Å²) in [6, 6.07) is 9.85. The van der Waals surface area contributed by atoms with Crippen molar-refractivity contribution in [2.45, 2.75) is 18.3 Å². The number of carbonyl (C=O) groups is 1. The molecule has 0 radical (unpaired) electrons. The van der Waals surface area contributed by atoms with E-state index in [-0.39, 0.29) is 5.24 Å². The maximum Gasteiger partial charge on any atom is 0.232 e. The van der Waals surface area contributed by atoms with Gasteiger partial charge in [0.2, 0.25) is 5.24 Å². The van der Waals surface area contributed by atoms with Crippen LogP contribution in [0.4, 0.5) is 0 Å². The molecular formula is C12H14ClNO. The van der Waals surface area contributed by atoms with Crippen molar-refractivity contribution in [2.75, 3.05) is 13.1 Å². The molecule has 1 aliphatic heterocycles. The van der Waals surface area contributed by atoms with E-state index in [1.165, 1.54) is 0 Å². The van der Waals surface area contributed by atoms with Gasteiger partial charge in [-0.05, 0) is 43.1 Å². The van der Waals surface area contributed by atoms with Crippen molar-refractivity contribution in [1.82, 2.24) is 5.32 Å². The highest BCUT2D eigenvalue weighted by atomic mass is 35.5. The van der Waals surface area contributed by atoms with Gasteiger partial charge in [-0.25, -0.2) is 0 Å². The predicted molar refractivity (Wildman–Crippen MR) is 61.1 cm³/mol. The minimum atomic E-state index is -0.464. The molecule has 1 heterocycles. The largest absolute Gasteiger partial charge is 0.317 e. The summed E-state index contributed by atoms with van der Waals surface area (Å²) in [5, 5.41) is 3.03. The summed E-state index contributed by atoms with van der Waals surface area (Å²) in [6.07, 6.45) is 1.58. The van der Waals surface area contributed by atoms with E-state index in [1.807, 2.05) is 30.3 Å². The average Bonchev–Trinajstić information content (AvgIpc) is 2.31. The lowest BCUT2D eigenvalue weighted by Crippen LogP contribution is -2.43. The number of nitrogens with one attached hydrogen (secondary N) is 1. The summed E-state index contributed by atoms with van der Waals surface area (Å²) in [6.45, 7) is 1.71. The molecular weight excluding hydrogens is 210 g/mol. The highest BCUT2D eigenvalue weighted by molar-refractivity contribution is 6.65. The predicted octanol–water partition coefficient (Wildman–Crippen LogP) is 2.07. The van der Waals surface area contributed by atoms with Gasteiger partial charge in [-0.2, -0.15) is 0 Å². The second kappa shape index (κ2) is 4.33. The van der Waals surface area contributed by atoms with Crippen LogP contribution in [0.1, 0.15) is 18.4 Å². The zero-order valence-corrected chi connectivity index (χ0v) is 9.26. The molecule has 0 aromatic heterocycles. The molecule has 1 saturated heterocycles. The lowest BCUT2D eigenvalue weighted by Gasteiger charge is -2.34. The number of halogens is 1. The Bertz CT molecular complexity index is 344. The quantitative estimate of drug-likeness (QED) is 0.778. The first-order chi connectivity index (χ1) is 7.26. The fourth-order valence-corrected chi connectivity index (χ4v) is 2.51. The molecule has 1 aliphatic rings. The highest BCUT2D eigenvalue weighted by Gasteiger charge is 2.39. The van der Waals surface area contributed by atoms with Crippen LogP contribution in [0, 0.1) is 0 Å². The van der Waals surface area contributed by atoms with Crippen LogP contribution in [-0.4, -0.2) is 18.3 Å². The Morgan fingerprint density at radius 3 is 2.33 bits per heavy atom. The molecule has 0 aliphatic carbocycles. The summed E-state index contributed by atoms with van der Waals surface area (Å²) in [4.78, 5) is 11.7. The Hall–Kier alpha value is -0.860. The van der Waals surface area contributed by atoms with Crippen LogP contribution >= 0.6 is 11.6 Å². The molecule has 0 unspecified atom stereocenters. The number of piperidine rings is 1. The second-order valence-electron chi connectivity index (χ2n) is 3.97. The molecule has 1 N–H and O–H groups in total. The van der Waals surface area contributed by atoms with E-state index in [0.29, 0.717) is 0 Å². The summed E-state index contributed by atoms with van der Waals surface area (Å²) in [7, 11) is 0. The molecule has 0 saturated carbocycles. The maximum atomic E-state index is 11.7. The van der Waals surface area contributed by atoms with Gasteiger partial charge >= 0.3 is 0 Å². The minimum Gasteiger partial charge on any atom is -0.317 e. The van der Waals surface area contributed by atoms with E-state index >= 15 is 0 Å². The number of hydrogen-bond acceptors (Lipinski definition) is 2. The summed E-state index contributed by atoms with van der Waals surface area (Å²) >= 11 is 5.78. The molecule has 3 heteroatoms. The first-order valence-corrected chi connectivity index (χ1v) is 5.60. The van der Waals surface area contributed by atoms with Gasteiger partial charge in [-0.3, -0.25) is 4.79 Å². The van der Waals surface area contributed by atoms with Crippen LogP contribution in [0.5, 0.6) is 0 Å². The van der Waals surface area contributed by atoms with Gasteiger partial charge in [0, 0.05) is 0 Å². The Kier molecular flexibility index (Phi) is 3.08. The van der Waals surface area contributed by atoms with Gasteiger partial charge in [0.1, 0.15) is 0 Å². The molecule has 2 nitrogen and oxygen atoms in total. The van der Waals surface area contributed by atoms with Gasteiger partial charge in [0.25, 0.3) is 0 Å². The van der Waals surface area contributed by atoms with Gasteiger partial charge < -0.3 is 5.32 Å². The maximum absolute atomic E-state index is 11.7. The number of carbonyl (C=O) groups excluding carboxylic acids is 1. The fourth-order valence-electron chi connectivity index (χ4n) is 2.21. The fraction of sp³-hybridized carbons (Fsp3) is 0.417. The Morgan fingerprint density at radius 2 is 1.80 bits per heavy atom. The molecule has 0 atom stereocenters. The zero-order valence-electron chi connectivity index (χ0n) is 8.50. The van der Waals surface area contributed by atoms with E-state index in [4.69, 9.17) is 11.6 Å². The van der Waals surface area contributed by atoms with Crippen LogP contribution in [0.25, 0.3) is 0 Å². The molecule has 1 fully saturated rings. The second-order valence-corrected chi connectivity index (χ2v) is 4.32. The van der Waals surface area contributed by atoms with Crippen LogP contribution in [-0.2, 0) is 10.2 Å². The Morgan fingerprint density at radius 1 is 1.20 bits per heavy atom. The number of benzene rings is 1. The Labute approximate surface area is 94.6 Å². The third-order valence-electron chi connectivity index (χ3n) is 3.16. The lowest BCUT2D eigenvalue weighted by atomic mass is 9.74. The monoisotopic (exact) mass is 223 g/mol. The average molecular weight is 224 g/mol. The standard InChI is InChI=1S/C12H14ClNO/c13-11(15)12(6-8-14-9-7-12)10-4-2-1-3-5-10/h1-5,14H,6-9H2. The van der Waals surface area contributed by atoms with Crippen molar-refractivity contribution in [3.8, 4) is 0 Å². The molecule has 0 spiro atoms. The van der Waals surface area contributed by atoms with Gasteiger partial charge in [-0.15, -0.1) is 0 Å². The van der Waals surface area contributed by atoms with E-state index < -0.39 is 5.41 Å². The van der Waals surface area contributed by atoms with Crippen molar-refractivity contribution < 1.29 is 4.79 Å². The van der Waals surface area contributed by atoms with Gasteiger partial charge in [-0.1, -0.05) is 30.3 Å². The smallest absolute Gasteiger partial charge is 0.232 e. The first-order valence-electron chi connectivity index (χ1n) is 5.22. The molecule has 1 aromatic rings. The molecule has 15 heavy (non-hydrogen) atoms. The lowest BCUT2D eigenvalue weighted by molar-refractivity contribution is -0.117. The third-order valence-corrected chi connectivity index (χ3v) is 3.52. The van der Waals surface area contributed by atoms with Crippen molar-refractivity contribution in [3.63, 3.8) is 0 Å². The van der Waals surface area contributed by atoms with Gasteiger partial charge in [0.05, 0.1) is 5.41 Å². The normalized spacial score (nSPS) is 19.8. The van der Waals surface area contributed by atoms with E-state index in [0.717, 1.165) is 31.5 Å². The van der Waals surface area contributed by atoms with Crippen molar-refractivity contribution in [2.24, 2.45) is 0 Å². The van der Waals surface area contributed by atoms with Crippen LogP contribution in [0.15, 0.2) is 30.3 Å². The van der Waals surface area contributed by atoms with E-state index in [1.54, 1.807) is 0 Å². The topological polar surface area (TPSA) is 29.1 Å². The number of hydrogen-bond donors (Lipinski definition) is 1. The Balaban J connectivity index is 2.38. The SMILES string of the molecule is O=C(Cl)C1(c2ccccc2)CCNCC1. The summed E-state index contributed by atoms with van der Waals surface area (Å²) in [5.74, 6) is 0. The minimum absolute atomic E-state index is 0.227. The summed E-state index contributed by atoms with van der Waals surface area (Å²) in [5.41, 5.74) is 0.583. The van der Waals surface area contributed by atoms with Crippen LogP contribution in [0.3, 0.4) is 0 Å². The number of rotatable bonds is 2. The van der Waals surface area contributed by atoms with Gasteiger partial charge in [0.15, 0.2) is 0 Å². The first kappa shape index (κ1) is 10.7. The molecule has 80 valence electrons. The molecule has 0 bridgehead atoms. The van der Waals surface area contributed by atoms with Crippen molar-refractivity contribution >= 4 is 16.8 Å². The zero-order chi connectivity index (χ0) is 10.7. The van der Waals surface area contributed by atoms with E-state index in [2.05, 4.69) is 5.32 Å².